The van der Waals surface area contributed by atoms with Crippen LogP contribution in [0.1, 0.15) is 50.9 Å². The van der Waals surface area contributed by atoms with E-state index in [2.05, 4.69) is 63.8 Å². The molecule has 2 aromatic rings. The van der Waals surface area contributed by atoms with E-state index >= 15 is 0 Å². The Morgan fingerprint density at radius 2 is 1.85 bits per heavy atom. The summed E-state index contributed by atoms with van der Waals surface area (Å²) in [5.41, 5.74) is 5.68. The largest absolute Gasteiger partial charge is 0.478 e. The van der Waals surface area contributed by atoms with Crippen LogP contribution < -0.4 is 9.64 Å². The molecular weight excluding hydrogens is 322 g/mol. The molecule has 0 saturated heterocycles. The van der Waals surface area contributed by atoms with E-state index < -0.39 is 0 Å². The molecule has 142 valence electrons. The van der Waals surface area contributed by atoms with Crippen molar-refractivity contribution < 1.29 is 4.74 Å². The maximum absolute atomic E-state index is 5.57. The first-order chi connectivity index (χ1) is 12.4. The lowest BCUT2D eigenvalue weighted by Gasteiger charge is -2.21. The van der Waals surface area contributed by atoms with E-state index in [9.17, 15) is 0 Å². The van der Waals surface area contributed by atoms with Crippen LogP contribution >= 0.6 is 0 Å². The molecular formula is C22H33N3O. The monoisotopic (exact) mass is 355 g/mol. The molecule has 2 aromatic heterocycles. The van der Waals surface area contributed by atoms with Gasteiger partial charge in [0.25, 0.3) is 0 Å². The smallest absolute Gasteiger partial charge is 0.213 e. The maximum atomic E-state index is 5.57. The molecule has 2 rings (SSSR count). The third kappa shape index (κ3) is 4.54. The Morgan fingerprint density at radius 1 is 1.12 bits per heavy atom. The number of anilines is 1. The van der Waals surface area contributed by atoms with Crippen LogP contribution in [0.4, 0.5) is 5.82 Å². The number of aromatic nitrogens is 2. The molecule has 0 aliphatic carbocycles. The molecule has 4 heteroatoms. The van der Waals surface area contributed by atoms with Crippen LogP contribution in [0.15, 0.2) is 18.2 Å². The van der Waals surface area contributed by atoms with Crippen molar-refractivity contribution in [3.05, 3.63) is 35.0 Å². The highest BCUT2D eigenvalue weighted by Crippen LogP contribution is 2.31. The first-order valence-corrected chi connectivity index (χ1v) is 9.72. The SMILES string of the molecule is CCOc1ccc(-c2nc(N(C)C)c(CC(C)CC)cc2C)c(CC)n1. The van der Waals surface area contributed by atoms with Gasteiger partial charge in [0, 0.05) is 25.7 Å². The molecule has 0 amide bonds. The van der Waals surface area contributed by atoms with Gasteiger partial charge in [0.15, 0.2) is 0 Å². The number of hydrogen-bond donors (Lipinski definition) is 0. The van der Waals surface area contributed by atoms with Gasteiger partial charge in [-0.2, -0.15) is 0 Å². The van der Waals surface area contributed by atoms with Crippen LogP contribution in [0.2, 0.25) is 0 Å². The molecule has 1 unspecified atom stereocenters. The second-order valence-corrected chi connectivity index (χ2v) is 7.18. The topological polar surface area (TPSA) is 38.2 Å². The van der Waals surface area contributed by atoms with E-state index in [-0.39, 0.29) is 0 Å². The van der Waals surface area contributed by atoms with E-state index in [0.717, 1.165) is 35.6 Å². The molecule has 0 aliphatic rings. The maximum Gasteiger partial charge on any atom is 0.213 e. The molecule has 0 fully saturated rings. The first-order valence-electron chi connectivity index (χ1n) is 9.72. The Balaban J connectivity index is 2.54. The molecule has 0 radical (unpaired) electrons. The minimum atomic E-state index is 0.627. The van der Waals surface area contributed by atoms with Gasteiger partial charge >= 0.3 is 0 Å². The van der Waals surface area contributed by atoms with E-state index in [4.69, 9.17) is 9.72 Å². The van der Waals surface area contributed by atoms with Gasteiger partial charge in [-0.1, -0.05) is 33.3 Å². The molecule has 0 N–H and O–H groups in total. The Kier molecular flexibility index (Phi) is 7.01. The highest BCUT2D eigenvalue weighted by atomic mass is 16.5. The van der Waals surface area contributed by atoms with Crippen LogP contribution in [0.3, 0.4) is 0 Å². The highest BCUT2D eigenvalue weighted by Gasteiger charge is 2.17. The summed E-state index contributed by atoms with van der Waals surface area (Å²) in [7, 11) is 4.14. The summed E-state index contributed by atoms with van der Waals surface area (Å²) in [6.45, 7) is 11.4. The molecule has 1 atom stereocenters. The molecule has 0 spiro atoms. The Hall–Kier alpha value is -2.10. The van der Waals surface area contributed by atoms with Crippen molar-refractivity contribution in [1.82, 2.24) is 9.97 Å². The van der Waals surface area contributed by atoms with E-state index in [0.29, 0.717) is 18.4 Å². The fourth-order valence-electron chi connectivity index (χ4n) is 3.18. The zero-order chi connectivity index (χ0) is 19.3. The summed E-state index contributed by atoms with van der Waals surface area (Å²) in [5.74, 6) is 2.40. The van der Waals surface area contributed by atoms with Gasteiger partial charge in [0.05, 0.1) is 18.0 Å². The van der Waals surface area contributed by atoms with E-state index in [1.807, 2.05) is 13.0 Å². The number of ether oxygens (including phenoxy) is 1. The zero-order valence-electron chi connectivity index (χ0n) is 17.4. The van der Waals surface area contributed by atoms with Crippen molar-refractivity contribution in [2.45, 2.75) is 53.9 Å². The van der Waals surface area contributed by atoms with Gasteiger partial charge in [-0.15, -0.1) is 0 Å². The molecule has 0 aromatic carbocycles. The number of aryl methyl sites for hydroxylation is 2. The first kappa shape index (κ1) is 20.2. The van der Waals surface area contributed by atoms with Gasteiger partial charge in [-0.05, 0) is 49.8 Å². The minimum absolute atomic E-state index is 0.627. The van der Waals surface area contributed by atoms with Crippen molar-refractivity contribution >= 4 is 5.82 Å². The van der Waals surface area contributed by atoms with Crippen LogP contribution in [0.5, 0.6) is 5.88 Å². The summed E-state index contributed by atoms with van der Waals surface area (Å²) in [4.78, 5) is 11.9. The molecule has 0 bridgehead atoms. The van der Waals surface area contributed by atoms with Gasteiger partial charge < -0.3 is 9.64 Å². The minimum Gasteiger partial charge on any atom is -0.478 e. The summed E-state index contributed by atoms with van der Waals surface area (Å²) in [6.07, 6.45) is 3.08. The third-order valence-electron chi connectivity index (χ3n) is 4.79. The fourth-order valence-corrected chi connectivity index (χ4v) is 3.18. The van der Waals surface area contributed by atoms with Gasteiger partial charge in [-0.3, -0.25) is 0 Å². The van der Waals surface area contributed by atoms with Crippen LogP contribution in [0.25, 0.3) is 11.3 Å². The molecule has 4 nitrogen and oxygen atoms in total. The Bertz CT molecular complexity index is 740. The van der Waals surface area contributed by atoms with Gasteiger partial charge in [0.1, 0.15) is 5.82 Å². The lowest BCUT2D eigenvalue weighted by molar-refractivity contribution is 0.326. The fraction of sp³-hybridized carbons (Fsp3) is 0.545. The number of pyridine rings is 2. The average molecular weight is 356 g/mol. The predicted octanol–water partition coefficient (Wildman–Crippen LogP) is 5.07. The third-order valence-corrected chi connectivity index (χ3v) is 4.79. The zero-order valence-corrected chi connectivity index (χ0v) is 17.4. The molecule has 0 aliphatic heterocycles. The standard InChI is InChI=1S/C22H33N3O/c1-8-15(4)13-17-14-16(5)21(24-22(17)25(6)7)18-11-12-20(26-10-3)23-19(18)9-2/h11-12,14-15H,8-10,13H2,1-7H3. The van der Waals surface area contributed by atoms with Gasteiger partial charge in [-0.25, -0.2) is 9.97 Å². The molecule has 26 heavy (non-hydrogen) atoms. The van der Waals surface area contributed by atoms with Crippen molar-refractivity contribution in [3.8, 4) is 17.1 Å². The van der Waals surface area contributed by atoms with Crippen molar-refractivity contribution in [1.29, 1.82) is 0 Å². The quantitative estimate of drug-likeness (QED) is 0.663. The summed E-state index contributed by atoms with van der Waals surface area (Å²) in [6, 6.07) is 6.35. The second kappa shape index (κ2) is 9.02. The number of nitrogens with zero attached hydrogens (tertiary/aromatic N) is 3. The number of hydrogen-bond acceptors (Lipinski definition) is 4. The Morgan fingerprint density at radius 3 is 2.42 bits per heavy atom. The van der Waals surface area contributed by atoms with Crippen molar-refractivity contribution in [3.63, 3.8) is 0 Å². The summed E-state index contributed by atoms with van der Waals surface area (Å²) < 4.78 is 5.57. The second-order valence-electron chi connectivity index (χ2n) is 7.18. The van der Waals surface area contributed by atoms with Crippen LogP contribution in [-0.4, -0.2) is 30.7 Å². The summed E-state index contributed by atoms with van der Waals surface area (Å²) in [5, 5.41) is 0. The lowest BCUT2D eigenvalue weighted by Crippen LogP contribution is -2.16. The van der Waals surface area contributed by atoms with Crippen molar-refractivity contribution in [2.24, 2.45) is 5.92 Å². The lowest BCUT2D eigenvalue weighted by atomic mass is 9.96. The van der Waals surface area contributed by atoms with Gasteiger partial charge in [0.2, 0.25) is 5.88 Å². The Labute approximate surface area is 158 Å². The molecule has 0 saturated carbocycles. The molecule has 2 heterocycles. The van der Waals surface area contributed by atoms with E-state index in [1.165, 1.54) is 17.5 Å². The number of rotatable bonds is 8. The highest BCUT2D eigenvalue weighted by molar-refractivity contribution is 5.69. The average Bonchev–Trinajstić information content (AvgIpc) is 2.62. The van der Waals surface area contributed by atoms with E-state index in [1.54, 1.807) is 0 Å². The van der Waals surface area contributed by atoms with Crippen LogP contribution in [-0.2, 0) is 12.8 Å². The normalized spacial score (nSPS) is 12.1. The summed E-state index contributed by atoms with van der Waals surface area (Å²) >= 11 is 0. The predicted molar refractivity (Wildman–Crippen MR) is 110 cm³/mol. The van der Waals surface area contributed by atoms with Crippen molar-refractivity contribution in [2.75, 3.05) is 25.6 Å². The van der Waals surface area contributed by atoms with Crippen LogP contribution in [0, 0.1) is 12.8 Å².